The summed E-state index contributed by atoms with van der Waals surface area (Å²) in [6.07, 6.45) is 8.71. The van der Waals surface area contributed by atoms with E-state index in [1.165, 1.54) is 0 Å². The van der Waals surface area contributed by atoms with Gasteiger partial charge in [-0.2, -0.15) is 0 Å². The average Bonchev–Trinajstić information content (AvgIpc) is 3.33. The van der Waals surface area contributed by atoms with Crippen molar-refractivity contribution in [3.8, 4) is 5.82 Å². The minimum atomic E-state index is -0.204. The quantitative estimate of drug-likeness (QED) is 0.715. The summed E-state index contributed by atoms with van der Waals surface area (Å²) in [4.78, 5) is 20.5. The molecule has 0 aliphatic carbocycles. The topological polar surface area (TPSA) is 85.8 Å². The predicted octanol–water partition coefficient (Wildman–Crippen LogP) is 3.09. The van der Waals surface area contributed by atoms with Gasteiger partial charge in [-0.25, -0.2) is 9.97 Å². The van der Waals surface area contributed by atoms with Crippen molar-refractivity contribution in [3.05, 3.63) is 60.1 Å². The lowest BCUT2D eigenvalue weighted by Crippen LogP contribution is -2.22. The maximum absolute atomic E-state index is 12.2. The molecule has 0 aliphatic rings. The summed E-state index contributed by atoms with van der Waals surface area (Å²) < 4.78 is 7.09. The van der Waals surface area contributed by atoms with Gasteiger partial charge in [-0.05, 0) is 25.0 Å². The molecule has 0 spiro atoms. The van der Waals surface area contributed by atoms with Crippen molar-refractivity contribution in [2.24, 2.45) is 0 Å². The Balaban J connectivity index is 1.59. The Morgan fingerprint density at radius 1 is 1.32 bits per heavy atom. The van der Waals surface area contributed by atoms with E-state index in [0.29, 0.717) is 29.6 Å². The molecule has 7 nitrogen and oxygen atoms in total. The molecule has 25 heavy (non-hydrogen) atoms. The molecule has 0 saturated carbocycles. The van der Waals surface area contributed by atoms with Crippen LogP contribution < -0.4 is 5.32 Å². The first-order chi connectivity index (χ1) is 12.2. The van der Waals surface area contributed by atoms with Crippen LogP contribution in [0.5, 0.6) is 0 Å². The molecule has 1 amide bonds. The smallest absolute Gasteiger partial charge is 0.253 e. The fourth-order valence-electron chi connectivity index (χ4n) is 2.65. The number of pyridine rings is 1. The molecule has 1 N–H and O–H groups in total. The molecule has 0 fully saturated rings. The van der Waals surface area contributed by atoms with Crippen molar-refractivity contribution in [2.75, 3.05) is 0 Å². The summed E-state index contributed by atoms with van der Waals surface area (Å²) in [6.45, 7) is 4.56. The third-order valence-corrected chi connectivity index (χ3v) is 4.18. The minimum absolute atomic E-state index is 0.204. The van der Waals surface area contributed by atoms with Crippen LogP contribution in [0.25, 0.3) is 5.82 Å². The fraction of sp³-hybridized carbons (Fsp3) is 0.333. The van der Waals surface area contributed by atoms with Gasteiger partial charge in [0.25, 0.3) is 5.91 Å². The van der Waals surface area contributed by atoms with Crippen LogP contribution in [0.3, 0.4) is 0 Å². The van der Waals surface area contributed by atoms with Crippen LogP contribution in [-0.2, 0) is 6.54 Å². The highest BCUT2D eigenvalue weighted by molar-refractivity contribution is 5.93. The molecule has 3 aromatic rings. The van der Waals surface area contributed by atoms with Crippen LogP contribution in [0.15, 0.2) is 47.6 Å². The SMILES string of the molecule is CCC(CC)c1cc(CNC(=O)c2ccc(-n3ccnc3)nc2)on1. The van der Waals surface area contributed by atoms with Crippen LogP contribution in [-0.4, -0.2) is 25.6 Å². The highest BCUT2D eigenvalue weighted by Gasteiger charge is 2.14. The Morgan fingerprint density at radius 2 is 2.16 bits per heavy atom. The highest BCUT2D eigenvalue weighted by atomic mass is 16.5. The molecule has 0 saturated heterocycles. The zero-order valence-corrected chi connectivity index (χ0v) is 14.3. The van der Waals surface area contributed by atoms with Gasteiger partial charge in [0.15, 0.2) is 5.76 Å². The molecule has 3 aromatic heterocycles. The lowest BCUT2D eigenvalue weighted by Gasteiger charge is -2.06. The maximum Gasteiger partial charge on any atom is 0.253 e. The third-order valence-electron chi connectivity index (χ3n) is 4.18. The van der Waals surface area contributed by atoms with Gasteiger partial charge in [-0.1, -0.05) is 19.0 Å². The van der Waals surface area contributed by atoms with E-state index in [4.69, 9.17) is 4.52 Å². The maximum atomic E-state index is 12.2. The van der Waals surface area contributed by atoms with Gasteiger partial charge in [-0.3, -0.25) is 9.36 Å². The lowest BCUT2D eigenvalue weighted by molar-refractivity contribution is 0.0946. The Labute approximate surface area is 146 Å². The molecule has 0 aliphatic heterocycles. The molecule has 0 bridgehead atoms. The summed E-state index contributed by atoms with van der Waals surface area (Å²) in [5.41, 5.74) is 1.43. The molecule has 3 rings (SSSR count). The van der Waals surface area contributed by atoms with Gasteiger partial charge < -0.3 is 9.84 Å². The second kappa shape index (κ2) is 7.74. The second-order valence-corrected chi connectivity index (χ2v) is 5.79. The summed E-state index contributed by atoms with van der Waals surface area (Å²) in [6, 6.07) is 5.42. The van der Waals surface area contributed by atoms with Crippen molar-refractivity contribution in [2.45, 2.75) is 39.2 Å². The van der Waals surface area contributed by atoms with Crippen LogP contribution in [0.4, 0.5) is 0 Å². The number of rotatable bonds is 7. The number of hydrogen-bond donors (Lipinski definition) is 1. The van der Waals surface area contributed by atoms with E-state index in [0.717, 1.165) is 18.5 Å². The van der Waals surface area contributed by atoms with E-state index < -0.39 is 0 Å². The Kier molecular flexibility index (Phi) is 5.23. The first kappa shape index (κ1) is 16.9. The molecular formula is C18H21N5O2. The van der Waals surface area contributed by atoms with Crippen LogP contribution >= 0.6 is 0 Å². The molecule has 0 radical (unpaired) electrons. The zero-order chi connectivity index (χ0) is 17.6. The summed E-state index contributed by atoms with van der Waals surface area (Å²) in [5.74, 6) is 1.55. The normalized spacial score (nSPS) is 11.0. The minimum Gasteiger partial charge on any atom is -0.359 e. The Bertz CT molecular complexity index is 804. The predicted molar refractivity (Wildman–Crippen MR) is 92.4 cm³/mol. The molecule has 0 atom stereocenters. The van der Waals surface area contributed by atoms with Gasteiger partial charge in [0.1, 0.15) is 12.1 Å². The molecule has 130 valence electrons. The zero-order valence-electron chi connectivity index (χ0n) is 14.3. The molecule has 0 aromatic carbocycles. The first-order valence-electron chi connectivity index (χ1n) is 8.39. The van der Waals surface area contributed by atoms with Crippen molar-refractivity contribution in [1.29, 1.82) is 0 Å². The highest BCUT2D eigenvalue weighted by Crippen LogP contribution is 2.22. The van der Waals surface area contributed by atoms with Crippen LogP contribution in [0.2, 0.25) is 0 Å². The second-order valence-electron chi connectivity index (χ2n) is 5.79. The van der Waals surface area contributed by atoms with Gasteiger partial charge in [-0.15, -0.1) is 0 Å². The number of imidazole rings is 1. The average molecular weight is 339 g/mol. The Morgan fingerprint density at radius 3 is 2.80 bits per heavy atom. The summed E-state index contributed by atoms with van der Waals surface area (Å²) in [5, 5.41) is 6.93. The van der Waals surface area contributed by atoms with E-state index in [-0.39, 0.29) is 5.91 Å². The monoisotopic (exact) mass is 339 g/mol. The van der Waals surface area contributed by atoms with Crippen LogP contribution in [0.1, 0.15) is 54.4 Å². The van der Waals surface area contributed by atoms with Crippen molar-refractivity contribution in [1.82, 2.24) is 25.0 Å². The number of aromatic nitrogens is 4. The summed E-state index contributed by atoms with van der Waals surface area (Å²) >= 11 is 0. The van der Waals surface area contributed by atoms with E-state index in [2.05, 4.69) is 34.3 Å². The largest absolute Gasteiger partial charge is 0.359 e. The number of carbonyl (C=O) groups is 1. The molecule has 3 heterocycles. The number of nitrogens with one attached hydrogen (secondary N) is 1. The number of amides is 1. The fourth-order valence-corrected chi connectivity index (χ4v) is 2.65. The van der Waals surface area contributed by atoms with Crippen molar-refractivity contribution < 1.29 is 9.32 Å². The van der Waals surface area contributed by atoms with Crippen molar-refractivity contribution in [3.63, 3.8) is 0 Å². The van der Waals surface area contributed by atoms with Gasteiger partial charge in [0.05, 0.1) is 17.8 Å². The van der Waals surface area contributed by atoms with Gasteiger partial charge in [0.2, 0.25) is 0 Å². The lowest BCUT2D eigenvalue weighted by atomic mass is 9.99. The molecular weight excluding hydrogens is 318 g/mol. The standard InChI is InChI=1S/C18H21N5O2/c1-3-13(4-2)16-9-15(25-22-16)11-21-18(24)14-5-6-17(20-10-14)23-8-7-19-12-23/h5-10,12-13H,3-4,11H2,1-2H3,(H,21,24). The van der Waals surface area contributed by atoms with Crippen molar-refractivity contribution >= 4 is 5.91 Å². The Hall–Kier alpha value is -2.96. The van der Waals surface area contributed by atoms with Crippen LogP contribution in [0, 0.1) is 0 Å². The third kappa shape index (κ3) is 3.93. The molecule has 7 heteroatoms. The van der Waals surface area contributed by atoms with E-state index in [1.54, 1.807) is 41.6 Å². The summed E-state index contributed by atoms with van der Waals surface area (Å²) in [7, 11) is 0. The van der Waals surface area contributed by atoms with Gasteiger partial charge >= 0.3 is 0 Å². The van der Waals surface area contributed by atoms with E-state index in [9.17, 15) is 4.79 Å². The van der Waals surface area contributed by atoms with E-state index in [1.807, 2.05) is 6.07 Å². The number of carbonyl (C=O) groups excluding carboxylic acids is 1. The first-order valence-corrected chi connectivity index (χ1v) is 8.39. The molecule has 0 unspecified atom stereocenters. The number of hydrogen-bond acceptors (Lipinski definition) is 5. The number of nitrogens with zero attached hydrogens (tertiary/aromatic N) is 4. The van der Waals surface area contributed by atoms with Gasteiger partial charge in [0, 0.05) is 30.6 Å². The van der Waals surface area contributed by atoms with E-state index >= 15 is 0 Å².